The Morgan fingerprint density at radius 2 is 2.00 bits per heavy atom. The van der Waals surface area contributed by atoms with Gasteiger partial charge in [0.25, 0.3) is 0 Å². The minimum atomic E-state index is -0.954. The molecule has 0 unspecified atom stereocenters. The van der Waals surface area contributed by atoms with E-state index in [1.54, 1.807) is 6.07 Å². The topological polar surface area (TPSA) is 59.4 Å². The Kier molecular flexibility index (Phi) is 4.92. The fourth-order valence-corrected chi connectivity index (χ4v) is 1.48. The average Bonchev–Trinajstić information content (AvgIpc) is 2.26. The fraction of sp³-hybridized carbons (Fsp3) is 0.600. The molecular weight excluding hydrogens is 242 g/mol. The quantitative estimate of drug-likeness (QED) is 0.881. The molecule has 1 aromatic rings. The van der Waals surface area contributed by atoms with E-state index in [1.807, 2.05) is 13.8 Å². The third-order valence-electron chi connectivity index (χ3n) is 2.76. The molecule has 4 heteroatoms. The number of ether oxygens (including phenoxy) is 1. The van der Waals surface area contributed by atoms with Crippen LogP contribution in [0.25, 0.3) is 0 Å². The van der Waals surface area contributed by atoms with Crippen LogP contribution in [0.4, 0.5) is 0 Å². The molecule has 4 nitrogen and oxygen atoms in total. The fourth-order valence-electron chi connectivity index (χ4n) is 1.48. The maximum atomic E-state index is 11.1. The van der Waals surface area contributed by atoms with Crippen LogP contribution in [0.15, 0.2) is 12.1 Å². The van der Waals surface area contributed by atoms with E-state index in [0.29, 0.717) is 12.5 Å². The number of rotatable bonds is 5. The van der Waals surface area contributed by atoms with Crippen LogP contribution in [0.3, 0.4) is 0 Å². The highest BCUT2D eigenvalue weighted by Gasteiger charge is 2.13. The van der Waals surface area contributed by atoms with Crippen molar-refractivity contribution in [2.45, 2.75) is 47.0 Å². The van der Waals surface area contributed by atoms with Gasteiger partial charge < -0.3 is 9.84 Å². The summed E-state index contributed by atoms with van der Waals surface area (Å²) in [6, 6.07) is 3.08. The van der Waals surface area contributed by atoms with Crippen molar-refractivity contribution in [2.24, 2.45) is 5.41 Å². The Hall–Kier alpha value is -1.58. The Labute approximate surface area is 114 Å². The second-order valence-electron chi connectivity index (χ2n) is 6.24. The summed E-state index contributed by atoms with van der Waals surface area (Å²) in [6.45, 7) is 10.9. The van der Waals surface area contributed by atoms with Gasteiger partial charge in [-0.25, -0.2) is 9.78 Å². The molecule has 0 radical (unpaired) electrons. The number of nitrogens with zero attached hydrogens (tertiary/aromatic N) is 1. The predicted molar refractivity (Wildman–Crippen MR) is 74.9 cm³/mol. The Balaban J connectivity index is 2.85. The van der Waals surface area contributed by atoms with E-state index in [2.05, 4.69) is 25.8 Å². The molecule has 0 saturated heterocycles. The van der Waals surface area contributed by atoms with Crippen molar-refractivity contribution in [2.75, 3.05) is 6.61 Å². The summed E-state index contributed by atoms with van der Waals surface area (Å²) in [5, 5.41) is 9.09. The normalized spacial score (nSPS) is 11.7. The van der Waals surface area contributed by atoms with Gasteiger partial charge in [0.05, 0.1) is 12.2 Å². The maximum absolute atomic E-state index is 11.1. The summed E-state index contributed by atoms with van der Waals surface area (Å²) in [6.07, 6.45) is 0.892. The van der Waals surface area contributed by atoms with Crippen LogP contribution in [0, 0.1) is 5.41 Å². The lowest BCUT2D eigenvalue weighted by Crippen LogP contribution is -2.12. The lowest BCUT2D eigenvalue weighted by atomic mass is 9.93. The molecule has 0 spiro atoms. The van der Waals surface area contributed by atoms with Gasteiger partial charge in [0.1, 0.15) is 0 Å². The van der Waals surface area contributed by atoms with Crippen LogP contribution in [0.5, 0.6) is 5.88 Å². The van der Waals surface area contributed by atoms with Crippen LogP contribution in [0.1, 0.15) is 63.0 Å². The van der Waals surface area contributed by atoms with Gasteiger partial charge in [0.15, 0.2) is 0 Å². The SMILES string of the molecule is CC(C)c1cc(C(=O)O)cc(OCCC(C)(C)C)n1. The van der Waals surface area contributed by atoms with Crippen LogP contribution in [-0.2, 0) is 0 Å². The van der Waals surface area contributed by atoms with Crippen LogP contribution >= 0.6 is 0 Å². The monoisotopic (exact) mass is 265 g/mol. The summed E-state index contributed by atoms with van der Waals surface area (Å²) >= 11 is 0. The van der Waals surface area contributed by atoms with Crippen molar-refractivity contribution in [1.29, 1.82) is 0 Å². The largest absolute Gasteiger partial charge is 0.478 e. The Morgan fingerprint density at radius 1 is 1.37 bits per heavy atom. The van der Waals surface area contributed by atoms with Crippen molar-refractivity contribution in [3.05, 3.63) is 23.4 Å². The number of aromatic carboxylic acids is 1. The molecule has 0 saturated carbocycles. The molecule has 0 aliphatic heterocycles. The van der Waals surface area contributed by atoms with E-state index in [-0.39, 0.29) is 16.9 Å². The second-order valence-corrected chi connectivity index (χ2v) is 6.24. The summed E-state index contributed by atoms with van der Waals surface area (Å²) in [7, 11) is 0. The molecule has 0 fully saturated rings. The van der Waals surface area contributed by atoms with Gasteiger partial charge in [0.2, 0.25) is 5.88 Å². The molecule has 0 aliphatic rings. The molecule has 1 heterocycles. The summed E-state index contributed by atoms with van der Waals surface area (Å²) in [5.41, 5.74) is 1.15. The highest BCUT2D eigenvalue weighted by molar-refractivity contribution is 5.88. The number of aromatic nitrogens is 1. The number of carbonyl (C=O) groups is 1. The third kappa shape index (κ3) is 5.28. The predicted octanol–water partition coefficient (Wildman–Crippen LogP) is 3.72. The minimum Gasteiger partial charge on any atom is -0.478 e. The second kappa shape index (κ2) is 6.04. The van der Waals surface area contributed by atoms with E-state index in [4.69, 9.17) is 9.84 Å². The smallest absolute Gasteiger partial charge is 0.335 e. The van der Waals surface area contributed by atoms with E-state index in [1.165, 1.54) is 6.07 Å². The molecule has 19 heavy (non-hydrogen) atoms. The first-order valence-electron chi connectivity index (χ1n) is 6.57. The highest BCUT2D eigenvalue weighted by atomic mass is 16.5. The molecule has 0 aromatic carbocycles. The lowest BCUT2D eigenvalue weighted by Gasteiger charge is -2.18. The first-order valence-corrected chi connectivity index (χ1v) is 6.57. The first kappa shape index (κ1) is 15.5. The molecule has 106 valence electrons. The van der Waals surface area contributed by atoms with E-state index < -0.39 is 5.97 Å². The number of carboxylic acid groups (broad SMARTS) is 1. The zero-order valence-corrected chi connectivity index (χ0v) is 12.4. The van der Waals surface area contributed by atoms with Crippen LogP contribution < -0.4 is 4.74 Å². The van der Waals surface area contributed by atoms with E-state index in [9.17, 15) is 4.79 Å². The zero-order chi connectivity index (χ0) is 14.6. The van der Waals surface area contributed by atoms with Gasteiger partial charge in [0, 0.05) is 11.8 Å². The van der Waals surface area contributed by atoms with Gasteiger partial charge in [-0.05, 0) is 23.8 Å². The van der Waals surface area contributed by atoms with E-state index in [0.717, 1.165) is 12.1 Å². The Morgan fingerprint density at radius 3 is 2.47 bits per heavy atom. The van der Waals surface area contributed by atoms with Gasteiger partial charge in [-0.3, -0.25) is 0 Å². The lowest BCUT2D eigenvalue weighted by molar-refractivity contribution is 0.0695. The number of hydrogen-bond donors (Lipinski definition) is 1. The van der Waals surface area contributed by atoms with Gasteiger partial charge in [-0.1, -0.05) is 34.6 Å². The van der Waals surface area contributed by atoms with Gasteiger partial charge in [-0.15, -0.1) is 0 Å². The summed E-state index contributed by atoms with van der Waals surface area (Å²) in [4.78, 5) is 15.4. The van der Waals surface area contributed by atoms with Crippen LogP contribution in [-0.4, -0.2) is 22.7 Å². The number of pyridine rings is 1. The Bertz CT molecular complexity index is 447. The van der Waals surface area contributed by atoms with Crippen molar-refractivity contribution in [3.8, 4) is 5.88 Å². The molecule has 0 aliphatic carbocycles. The molecule has 1 rings (SSSR count). The minimum absolute atomic E-state index is 0.171. The molecule has 0 atom stereocenters. The van der Waals surface area contributed by atoms with Gasteiger partial charge >= 0.3 is 5.97 Å². The maximum Gasteiger partial charge on any atom is 0.335 e. The molecule has 0 bridgehead atoms. The molecule has 0 amide bonds. The number of hydrogen-bond acceptors (Lipinski definition) is 3. The first-order chi connectivity index (χ1) is 8.69. The molecular formula is C15H23NO3. The standard InChI is InChI=1S/C15H23NO3/c1-10(2)12-8-11(14(17)18)9-13(16-12)19-7-6-15(3,4)5/h8-10H,6-7H2,1-5H3,(H,17,18). The van der Waals surface area contributed by atoms with E-state index >= 15 is 0 Å². The molecule has 1 aromatic heterocycles. The van der Waals surface area contributed by atoms with Crippen molar-refractivity contribution in [3.63, 3.8) is 0 Å². The third-order valence-corrected chi connectivity index (χ3v) is 2.76. The number of carboxylic acids is 1. The average molecular weight is 265 g/mol. The zero-order valence-electron chi connectivity index (χ0n) is 12.4. The van der Waals surface area contributed by atoms with Gasteiger partial charge in [-0.2, -0.15) is 0 Å². The highest BCUT2D eigenvalue weighted by Crippen LogP contribution is 2.21. The summed E-state index contributed by atoms with van der Waals surface area (Å²) in [5.74, 6) is -0.387. The van der Waals surface area contributed by atoms with Crippen molar-refractivity contribution < 1.29 is 14.6 Å². The summed E-state index contributed by atoms with van der Waals surface area (Å²) < 4.78 is 5.59. The van der Waals surface area contributed by atoms with Crippen LogP contribution in [0.2, 0.25) is 0 Å². The molecule has 1 N–H and O–H groups in total. The van der Waals surface area contributed by atoms with Crippen molar-refractivity contribution >= 4 is 5.97 Å². The van der Waals surface area contributed by atoms with Crippen molar-refractivity contribution in [1.82, 2.24) is 4.98 Å².